The normalized spacial score (nSPS) is 13.0. The molecule has 0 aliphatic rings. The first-order chi connectivity index (χ1) is 6.75. The number of aliphatic hydroxyl groups excluding tert-OH is 1. The summed E-state index contributed by atoms with van der Waals surface area (Å²) in [6, 6.07) is 4.12. The second-order valence-electron chi connectivity index (χ2n) is 3.34. The lowest BCUT2D eigenvalue weighted by molar-refractivity contribution is 0.179. The van der Waals surface area contributed by atoms with E-state index in [0.29, 0.717) is 0 Å². The first kappa shape index (κ1) is 9.90. The SMILES string of the molecule is Cc1cc(C(O)Cc2ccsc2)cs1. The Morgan fingerprint density at radius 1 is 1.43 bits per heavy atom. The molecule has 0 radical (unpaired) electrons. The van der Waals surface area contributed by atoms with Crippen molar-refractivity contribution in [3.8, 4) is 0 Å². The van der Waals surface area contributed by atoms with E-state index in [1.807, 2.05) is 10.8 Å². The second kappa shape index (κ2) is 4.26. The van der Waals surface area contributed by atoms with E-state index in [9.17, 15) is 5.11 Å². The molecular weight excluding hydrogens is 212 g/mol. The third-order valence-electron chi connectivity index (χ3n) is 2.14. The summed E-state index contributed by atoms with van der Waals surface area (Å²) < 4.78 is 0. The van der Waals surface area contributed by atoms with E-state index in [1.54, 1.807) is 22.7 Å². The van der Waals surface area contributed by atoms with E-state index in [2.05, 4.69) is 24.4 Å². The molecule has 1 N–H and O–H groups in total. The smallest absolute Gasteiger partial charge is 0.0838 e. The van der Waals surface area contributed by atoms with Crippen molar-refractivity contribution in [1.82, 2.24) is 0 Å². The van der Waals surface area contributed by atoms with Gasteiger partial charge in [0.15, 0.2) is 0 Å². The molecule has 1 nitrogen and oxygen atoms in total. The van der Waals surface area contributed by atoms with Crippen LogP contribution in [0.2, 0.25) is 0 Å². The Hall–Kier alpha value is -0.640. The van der Waals surface area contributed by atoms with Gasteiger partial charge in [0.25, 0.3) is 0 Å². The molecule has 0 aliphatic carbocycles. The van der Waals surface area contributed by atoms with Crippen LogP contribution < -0.4 is 0 Å². The highest BCUT2D eigenvalue weighted by Crippen LogP contribution is 2.23. The quantitative estimate of drug-likeness (QED) is 0.847. The average molecular weight is 224 g/mol. The summed E-state index contributed by atoms with van der Waals surface area (Å²) in [5.41, 5.74) is 2.25. The van der Waals surface area contributed by atoms with E-state index in [-0.39, 0.29) is 6.10 Å². The Morgan fingerprint density at radius 3 is 2.86 bits per heavy atom. The van der Waals surface area contributed by atoms with Crippen LogP contribution in [0.25, 0.3) is 0 Å². The zero-order valence-electron chi connectivity index (χ0n) is 7.93. The van der Waals surface area contributed by atoms with E-state index in [4.69, 9.17) is 0 Å². The molecule has 0 saturated carbocycles. The maximum absolute atomic E-state index is 9.92. The number of aryl methyl sites for hydroxylation is 1. The number of thiophene rings is 2. The van der Waals surface area contributed by atoms with Gasteiger partial charge in [0, 0.05) is 11.3 Å². The van der Waals surface area contributed by atoms with Crippen LogP contribution in [-0.4, -0.2) is 5.11 Å². The molecule has 1 unspecified atom stereocenters. The van der Waals surface area contributed by atoms with Crippen LogP contribution in [0.3, 0.4) is 0 Å². The van der Waals surface area contributed by atoms with Crippen LogP contribution in [0, 0.1) is 6.92 Å². The number of hydrogen-bond acceptors (Lipinski definition) is 3. The van der Waals surface area contributed by atoms with E-state index in [1.165, 1.54) is 10.4 Å². The summed E-state index contributed by atoms with van der Waals surface area (Å²) in [6.07, 6.45) is 0.370. The molecule has 2 aromatic rings. The minimum atomic E-state index is -0.352. The summed E-state index contributed by atoms with van der Waals surface area (Å²) in [4.78, 5) is 1.25. The fraction of sp³-hybridized carbons (Fsp3) is 0.273. The molecule has 0 spiro atoms. The van der Waals surface area contributed by atoms with Crippen molar-refractivity contribution in [1.29, 1.82) is 0 Å². The molecule has 0 fully saturated rings. The molecule has 14 heavy (non-hydrogen) atoms. The Balaban J connectivity index is 2.06. The molecule has 3 heteroatoms. The summed E-state index contributed by atoms with van der Waals surface area (Å²) >= 11 is 3.36. The monoisotopic (exact) mass is 224 g/mol. The van der Waals surface area contributed by atoms with Gasteiger partial charge in [0.05, 0.1) is 6.10 Å². The summed E-state index contributed by atoms with van der Waals surface area (Å²) in [6.45, 7) is 2.06. The standard InChI is InChI=1S/C11H12OS2/c1-8-4-10(7-14-8)11(12)5-9-2-3-13-6-9/h2-4,6-7,11-12H,5H2,1H3. The molecule has 0 aromatic carbocycles. The molecule has 2 heterocycles. The maximum atomic E-state index is 9.92. The lowest BCUT2D eigenvalue weighted by Gasteiger charge is -2.06. The largest absolute Gasteiger partial charge is 0.388 e. The summed E-state index contributed by atoms with van der Waals surface area (Å²) in [5, 5.41) is 16.1. The van der Waals surface area contributed by atoms with Gasteiger partial charge in [-0.15, -0.1) is 11.3 Å². The molecule has 0 saturated heterocycles. The zero-order valence-corrected chi connectivity index (χ0v) is 9.57. The van der Waals surface area contributed by atoms with E-state index < -0.39 is 0 Å². The van der Waals surface area contributed by atoms with Crippen LogP contribution in [0.4, 0.5) is 0 Å². The third-order valence-corrected chi connectivity index (χ3v) is 3.76. The number of rotatable bonds is 3. The van der Waals surface area contributed by atoms with Gasteiger partial charge in [-0.1, -0.05) is 0 Å². The third kappa shape index (κ3) is 2.23. The van der Waals surface area contributed by atoms with Gasteiger partial charge in [0.2, 0.25) is 0 Å². The first-order valence-corrected chi connectivity index (χ1v) is 6.32. The predicted octanol–water partition coefficient (Wildman–Crippen LogP) is 3.39. The second-order valence-corrected chi connectivity index (χ2v) is 5.24. The molecule has 1 atom stereocenters. The number of hydrogen-bond donors (Lipinski definition) is 1. The van der Waals surface area contributed by atoms with Crippen molar-refractivity contribution in [3.63, 3.8) is 0 Å². The Morgan fingerprint density at radius 2 is 2.29 bits per heavy atom. The van der Waals surface area contributed by atoms with Crippen molar-refractivity contribution >= 4 is 22.7 Å². The van der Waals surface area contributed by atoms with Gasteiger partial charge in [-0.05, 0) is 46.3 Å². The maximum Gasteiger partial charge on any atom is 0.0838 e. The van der Waals surface area contributed by atoms with Crippen LogP contribution in [-0.2, 0) is 6.42 Å². The van der Waals surface area contributed by atoms with E-state index in [0.717, 1.165) is 12.0 Å². The Bertz CT molecular complexity index is 389. The fourth-order valence-electron chi connectivity index (χ4n) is 1.39. The topological polar surface area (TPSA) is 20.2 Å². The molecule has 0 amide bonds. The molecule has 0 bridgehead atoms. The summed E-state index contributed by atoms with van der Waals surface area (Å²) in [5.74, 6) is 0. The molecule has 2 aromatic heterocycles. The molecule has 74 valence electrons. The van der Waals surface area contributed by atoms with Gasteiger partial charge < -0.3 is 5.11 Å². The van der Waals surface area contributed by atoms with Gasteiger partial charge in [0.1, 0.15) is 0 Å². The highest BCUT2D eigenvalue weighted by molar-refractivity contribution is 7.10. The van der Waals surface area contributed by atoms with Gasteiger partial charge in [-0.25, -0.2) is 0 Å². The highest BCUT2D eigenvalue weighted by atomic mass is 32.1. The van der Waals surface area contributed by atoms with Crippen LogP contribution in [0.15, 0.2) is 28.3 Å². The van der Waals surface area contributed by atoms with Gasteiger partial charge >= 0.3 is 0 Å². The van der Waals surface area contributed by atoms with Crippen molar-refractivity contribution in [2.24, 2.45) is 0 Å². The molecule has 2 rings (SSSR count). The predicted molar refractivity (Wildman–Crippen MR) is 62.0 cm³/mol. The van der Waals surface area contributed by atoms with Crippen LogP contribution >= 0.6 is 22.7 Å². The van der Waals surface area contributed by atoms with Gasteiger partial charge in [-0.3, -0.25) is 0 Å². The first-order valence-electron chi connectivity index (χ1n) is 4.50. The van der Waals surface area contributed by atoms with Crippen molar-refractivity contribution in [3.05, 3.63) is 44.3 Å². The highest BCUT2D eigenvalue weighted by Gasteiger charge is 2.09. The van der Waals surface area contributed by atoms with Crippen LogP contribution in [0.5, 0.6) is 0 Å². The molecular formula is C11H12OS2. The summed E-state index contributed by atoms with van der Waals surface area (Å²) in [7, 11) is 0. The van der Waals surface area contributed by atoms with Gasteiger partial charge in [-0.2, -0.15) is 11.3 Å². The Kier molecular flexibility index (Phi) is 3.01. The van der Waals surface area contributed by atoms with E-state index >= 15 is 0 Å². The Labute approximate surface area is 91.7 Å². The lowest BCUT2D eigenvalue weighted by Crippen LogP contribution is -1.98. The lowest BCUT2D eigenvalue weighted by atomic mass is 10.1. The molecule has 0 aliphatic heterocycles. The van der Waals surface area contributed by atoms with Crippen molar-refractivity contribution in [2.75, 3.05) is 0 Å². The minimum absolute atomic E-state index is 0.352. The van der Waals surface area contributed by atoms with Crippen molar-refractivity contribution < 1.29 is 5.11 Å². The fourth-order valence-corrected chi connectivity index (χ4v) is 2.82. The van der Waals surface area contributed by atoms with Crippen LogP contribution in [0.1, 0.15) is 22.1 Å². The van der Waals surface area contributed by atoms with Crippen molar-refractivity contribution in [2.45, 2.75) is 19.4 Å². The minimum Gasteiger partial charge on any atom is -0.388 e. The zero-order chi connectivity index (χ0) is 9.97. The number of aliphatic hydroxyl groups is 1. The average Bonchev–Trinajstić information content (AvgIpc) is 2.75.